The van der Waals surface area contributed by atoms with Crippen molar-refractivity contribution in [3.8, 4) is 0 Å². The zero-order chi connectivity index (χ0) is 10.7. The van der Waals surface area contributed by atoms with Gasteiger partial charge in [0.2, 0.25) is 0 Å². The standard InChI is InChI=1S/C12H9Cl2N/c13-7-1-3-9-5-6-11(14)10-4-2-8-15-12(9)10/h1-6,8H,7H2/b3-1+. The van der Waals surface area contributed by atoms with Gasteiger partial charge in [-0.25, -0.2) is 0 Å². The minimum atomic E-state index is 0.497. The highest BCUT2D eigenvalue weighted by Crippen LogP contribution is 2.25. The molecule has 0 radical (unpaired) electrons. The van der Waals surface area contributed by atoms with Gasteiger partial charge in [-0.3, -0.25) is 4.98 Å². The lowest BCUT2D eigenvalue weighted by molar-refractivity contribution is 1.40. The lowest BCUT2D eigenvalue weighted by Crippen LogP contribution is -1.83. The number of fused-ring (bicyclic) bond motifs is 1. The molecule has 0 atom stereocenters. The van der Waals surface area contributed by atoms with Gasteiger partial charge >= 0.3 is 0 Å². The Labute approximate surface area is 98.3 Å². The first-order chi connectivity index (χ1) is 7.33. The predicted octanol–water partition coefficient (Wildman–Crippen LogP) is 4.14. The smallest absolute Gasteiger partial charge is 0.0789 e. The number of aromatic nitrogens is 1. The molecule has 0 N–H and O–H groups in total. The van der Waals surface area contributed by atoms with Crippen LogP contribution in [0.1, 0.15) is 5.56 Å². The van der Waals surface area contributed by atoms with E-state index in [-0.39, 0.29) is 0 Å². The molecule has 15 heavy (non-hydrogen) atoms. The monoisotopic (exact) mass is 237 g/mol. The molecular weight excluding hydrogens is 229 g/mol. The number of rotatable bonds is 2. The van der Waals surface area contributed by atoms with Gasteiger partial charge in [0.1, 0.15) is 0 Å². The molecule has 0 bridgehead atoms. The molecule has 0 unspecified atom stereocenters. The first-order valence-electron chi connectivity index (χ1n) is 4.58. The van der Waals surface area contributed by atoms with Crippen LogP contribution in [0.25, 0.3) is 17.0 Å². The summed E-state index contributed by atoms with van der Waals surface area (Å²) in [6, 6.07) is 7.66. The molecule has 1 aromatic carbocycles. The lowest BCUT2D eigenvalue weighted by atomic mass is 10.1. The fourth-order valence-electron chi connectivity index (χ4n) is 1.47. The predicted molar refractivity (Wildman–Crippen MR) is 66.5 cm³/mol. The molecule has 0 amide bonds. The summed E-state index contributed by atoms with van der Waals surface area (Å²) in [4.78, 5) is 4.32. The van der Waals surface area contributed by atoms with Gasteiger partial charge in [0, 0.05) is 23.0 Å². The maximum Gasteiger partial charge on any atom is 0.0789 e. The molecule has 0 aliphatic carbocycles. The molecule has 3 heteroatoms. The van der Waals surface area contributed by atoms with Gasteiger partial charge in [0.25, 0.3) is 0 Å². The number of alkyl halides is 1. The largest absolute Gasteiger partial charge is 0.256 e. The van der Waals surface area contributed by atoms with Gasteiger partial charge < -0.3 is 0 Å². The second-order valence-electron chi connectivity index (χ2n) is 3.09. The van der Waals surface area contributed by atoms with Crippen LogP contribution < -0.4 is 0 Å². The molecule has 1 aromatic heterocycles. The Morgan fingerprint density at radius 2 is 2.13 bits per heavy atom. The van der Waals surface area contributed by atoms with Crippen LogP contribution >= 0.6 is 23.2 Å². The van der Waals surface area contributed by atoms with Crippen LogP contribution in [0.5, 0.6) is 0 Å². The van der Waals surface area contributed by atoms with Crippen molar-refractivity contribution in [3.05, 3.63) is 47.1 Å². The topological polar surface area (TPSA) is 12.9 Å². The van der Waals surface area contributed by atoms with Crippen molar-refractivity contribution in [2.75, 3.05) is 5.88 Å². The Kier molecular flexibility index (Phi) is 3.24. The van der Waals surface area contributed by atoms with E-state index in [9.17, 15) is 0 Å². The van der Waals surface area contributed by atoms with Crippen LogP contribution in [0, 0.1) is 0 Å². The average Bonchev–Trinajstić information content (AvgIpc) is 2.29. The lowest BCUT2D eigenvalue weighted by Gasteiger charge is -2.02. The Morgan fingerprint density at radius 1 is 1.27 bits per heavy atom. The number of hydrogen-bond acceptors (Lipinski definition) is 1. The highest BCUT2D eigenvalue weighted by Gasteiger charge is 2.02. The maximum absolute atomic E-state index is 6.07. The summed E-state index contributed by atoms with van der Waals surface area (Å²) < 4.78 is 0. The van der Waals surface area contributed by atoms with Crippen molar-refractivity contribution in [3.63, 3.8) is 0 Å². The van der Waals surface area contributed by atoms with Crippen molar-refractivity contribution in [2.24, 2.45) is 0 Å². The number of hydrogen-bond donors (Lipinski definition) is 0. The third-order valence-electron chi connectivity index (χ3n) is 2.13. The molecule has 0 spiro atoms. The van der Waals surface area contributed by atoms with Gasteiger partial charge in [-0.05, 0) is 18.2 Å². The van der Waals surface area contributed by atoms with E-state index in [1.807, 2.05) is 36.4 Å². The van der Waals surface area contributed by atoms with E-state index in [1.54, 1.807) is 6.20 Å². The second-order valence-corrected chi connectivity index (χ2v) is 3.81. The van der Waals surface area contributed by atoms with Crippen LogP contribution in [-0.2, 0) is 0 Å². The molecule has 0 aliphatic heterocycles. The van der Waals surface area contributed by atoms with Crippen molar-refractivity contribution in [1.82, 2.24) is 4.98 Å². The fraction of sp³-hybridized carbons (Fsp3) is 0.0833. The summed E-state index contributed by atoms with van der Waals surface area (Å²) in [6.45, 7) is 0. The summed E-state index contributed by atoms with van der Waals surface area (Å²) in [5.74, 6) is 0.497. The number of pyridine rings is 1. The highest BCUT2D eigenvalue weighted by atomic mass is 35.5. The highest BCUT2D eigenvalue weighted by molar-refractivity contribution is 6.35. The van der Waals surface area contributed by atoms with Gasteiger partial charge in [-0.2, -0.15) is 0 Å². The van der Waals surface area contributed by atoms with Gasteiger partial charge in [-0.15, -0.1) is 11.6 Å². The van der Waals surface area contributed by atoms with Crippen molar-refractivity contribution in [2.45, 2.75) is 0 Å². The Balaban J connectivity index is 2.66. The molecule has 1 heterocycles. The van der Waals surface area contributed by atoms with Crippen LogP contribution in [-0.4, -0.2) is 10.9 Å². The van der Waals surface area contributed by atoms with Gasteiger partial charge in [0.05, 0.1) is 10.5 Å². The fourth-order valence-corrected chi connectivity index (χ4v) is 1.77. The molecule has 0 saturated carbocycles. The third-order valence-corrected chi connectivity index (χ3v) is 2.64. The zero-order valence-electron chi connectivity index (χ0n) is 7.95. The molecule has 0 fully saturated rings. The van der Waals surface area contributed by atoms with E-state index in [0.717, 1.165) is 21.5 Å². The Bertz CT molecular complexity index is 506. The number of benzene rings is 1. The van der Waals surface area contributed by atoms with E-state index in [2.05, 4.69) is 4.98 Å². The average molecular weight is 238 g/mol. The molecular formula is C12H9Cl2N. The quantitative estimate of drug-likeness (QED) is 0.716. The van der Waals surface area contributed by atoms with Gasteiger partial charge in [-0.1, -0.05) is 29.8 Å². The van der Waals surface area contributed by atoms with E-state index in [1.165, 1.54) is 0 Å². The van der Waals surface area contributed by atoms with Crippen molar-refractivity contribution < 1.29 is 0 Å². The van der Waals surface area contributed by atoms with Crippen LogP contribution in [0.3, 0.4) is 0 Å². The summed E-state index contributed by atoms with van der Waals surface area (Å²) in [7, 11) is 0. The van der Waals surface area contributed by atoms with Crippen LogP contribution in [0.15, 0.2) is 36.5 Å². The molecule has 2 aromatic rings. The summed E-state index contributed by atoms with van der Waals surface area (Å²) in [5, 5.41) is 1.69. The van der Waals surface area contributed by atoms with E-state index >= 15 is 0 Å². The minimum Gasteiger partial charge on any atom is -0.256 e. The molecule has 2 rings (SSSR count). The van der Waals surface area contributed by atoms with E-state index in [0.29, 0.717) is 5.88 Å². The molecule has 1 nitrogen and oxygen atoms in total. The molecule has 0 aliphatic rings. The number of halogens is 2. The molecule has 0 saturated heterocycles. The van der Waals surface area contributed by atoms with Gasteiger partial charge in [0.15, 0.2) is 0 Å². The second kappa shape index (κ2) is 4.65. The van der Waals surface area contributed by atoms with E-state index in [4.69, 9.17) is 23.2 Å². The van der Waals surface area contributed by atoms with Crippen molar-refractivity contribution >= 4 is 40.2 Å². The normalized spacial score (nSPS) is 11.3. The number of nitrogens with zero attached hydrogens (tertiary/aromatic N) is 1. The maximum atomic E-state index is 6.07. The summed E-state index contributed by atoms with van der Waals surface area (Å²) >= 11 is 11.7. The number of allylic oxidation sites excluding steroid dienone is 1. The summed E-state index contributed by atoms with van der Waals surface area (Å²) in [6.07, 6.45) is 5.61. The first-order valence-corrected chi connectivity index (χ1v) is 5.50. The van der Waals surface area contributed by atoms with Crippen LogP contribution in [0.4, 0.5) is 0 Å². The first kappa shape index (κ1) is 10.5. The Morgan fingerprint density at radius 3 is 2.93 bits per heavy atom. The van der Waals surface area contributed by atoms with E-state index < -0.39 is 0 Å². The SMILES string of the molecule is ClC/C=C/c1ccc(Cl)c2cccnc12. The zero-order valence-corrected chi connectivity index (χ0v) is 9.46. The van der Waals surface area contributed by atoms with Crippen molar-refractivity contribution in [1.29, 1.82) is 0 Å². The Hall–Kier alpha value is -1.05. The summed E-state index contributed by atoms with van der Waals surface area (Å²) in [5.41, 5.74) is 1.95. The molecule has 76 valence electrons. The van der Waals surface area contributed by atoms with Crippen LogP contribution in [0.2, 0.25) is 5.02 Å². The minimum absolute atomic E-state index is 0.497. The third kappa shape index (κ3) is 2.14.